The van der Waals surface area contributed by atoms with Gasteiger partial charge in [0.2, 0.25) is 0 Å². The van der Waals surface area contributed by atoms with Gasteiger partial charge in [-0.1, -0.05) is 0 Å². The van der Waals surface area contributed by atoms with Gasteiger partial charge in [0.25, 0.3) is 11.6 Å². The van der Waals surface area contributed by atoms with Gasteiger partial charge in [0, 0.05) is 18.7 Å². The van der Waals surface area contributed by atoms with Crippen molar-refractivity contribution in [2.75, 3.05) is 13.2 Å². The summed E-state index contributed by atoms with van der Waals surface area (Å²) in [6.45, 7) is 4.25. The van der Waals surface area contributed by atoms with Crippen LogP contribution in [-0.4, -0.2) is 44.6 Å². The van der Waals surface area contributed by atoms with Crippen molar-refractivity contribution in [2.45, 2.75) is 38.8 Å². The third kappa shape index (κ3) is 2.53. The minimum Gasteiger partial charge on any atom is -0.394 e. The van der Waals surface area contributed by atoms with Crippen molar-refractivity contribution in [1.82, 2.24) is 9.47 Å². The molecule has 1 aromatic rings. The molecular weight excluding hydrogens is 262 g/mol. The van der Waals surface area contributed by atoms with Crippen LogP contribution in [0.1, 0.15) is 43.2 Å². The molecule has 2 rings (SSSR count). The van der Waals surface area contributed by atoms with Crippen molar-refractivity contribution in [3.05, 3.63) is 28.1 Å². The van der Waals surface area contributed by atoms with Crippen LogP contribution < -0.4 is 0 Å². The second-order valence-corrected chi connectivity index (χ2v) is 5.32. The number of aliphatic hydroxyl groups excluding tert-OH is 1. The Labute approximate surface area is 116 Å². The number of likely N-dealkylation sites (tertiary alicyclic amines) is 1. The highest BCUT2D eigenvalue weighted by atomic mass is 16.6. The zero-order valence-corrected chi connectivity index (χ0v) is 11.7. The van der Waals surface area contributed by atoms with Gasteiger partial charge in [-0.25, -0.2) is 0 Å². The van der Waals surface area contributed by atoms with Crippen molar-refractivity contribution >= 4 is 11.6 Å². The molecule has 1 saturated heterocycles. The molecule has 7 heteroatoms. The predicted molar refractivity (Wildman–Crippen MR) is 72.6 cm³/mol. The van der Waals surface area contributed by atoms with Gasteiger partial charge < -0.3 is 14.6 Å². The van der Waals surface area contributed by atoms with Crippen LogP contribution >= 0.6 is 0 Å². The quantitative estimate of drug-likeness (QED) is 0.670. The summed E-state index contributed by atoms with van der Waals surface area (Å²) >= 11 is 0. The SMILES string of the molecule is CC(C)n1cc([N+](=O)[O-])cc1C(=O)N1CCC[C@@H]1CO. The molecule has 1 amide bonds. The maximum Gasteiger partial charge on any atom is 0.287 e. The molecule has 0 bridgehead atoms. The van der Waals surface area contributed by atoms with E-state index in [-0.39, 0.29) is 30.3 Å². The topological polar surface area (TPSA) is 88.6 Å². The molecule has 1 aliphatic heterocycles. The van der Waals surface area contributed by atoms with Crippen LogP contribution in [0, 0.1) is 10.1 Å². The number of hydrogen-bond donors (Lipinski definition) is 1. The average Bonchev–Trinajstić information content (AvgIpc) is 3.04. The summed E-state index contributed by atoms with van der Waals surface area (Å²) in [5.74, 6) is -0.247. The molecule has 1 fully saturated rings. The lowest BCUT2D eigenvalue weighted by Crippen LogP contribution is -2.38. The molecule has 0 saturated carbocycles. The van der Waals surface area contributed by atoms with Gasteiger partial charge in [0.1, 0.15) is 5.69 Å². The molecule has 2 heterocycles. The monoisotopic (exact) mass is 281 g/mol. The summed E-state index contributed by atoms with van der Waals surface area (Å²) in [6, 6.07) is 1.09. The van der Waals surface area contributed by atoms with Crippen LogP contribution in [0.4, 0.5) is 5.69 Å². The van der Waals surface area contributed by atoms with E-state index in [1.807, 2.05) is 13.8 Å². The van der Waals surface area contributed by atoms with Crippen LogP contribution in [-0.2, 0) is 0 Å². The summed E-state index contributed by atoms with van der Waals surface area (Å²) in [6.07, 6.45) is 3.01. The van der Waals surface area contributed by atoms with Gasteiger partial charge in [-0.2, -0.15) is 0 Å². The zero-order chi connectivity index (χ0) is 14.9. The smallest absolute Gasteiger partial charge is 0.287 e. The van der Waals surface area contributed by atoms with E-state index >= 15 is 0 Å². The molecule has 0 unspecified atom stereocenters. The Bertz CT molecular complexity index is 524. The van der Waals surface area contributed by atoms with Crippen LogP contribution in [0.15, 0.2) is 12.3 Å². The van der Waals surface area contributed by atoms with Gasteiger partial charge >= 0.3 is 0 Å². The lowest BCUT2D eigenvalue weighted by molar-refractivity contribution is -0.384. The second-order valence-electron chi connectivity index (χ2n) is 5.32. The average molecular weight is 281 g/mol. The highest BCUT2D eigenvalue weighted by Crippen LogP contribution is 2.25. The lowest BCUT2D eigenvalue weighted by Gasteiger charge is -2.24. The largest absolute Gasteiger partial charge is 0.394 e. The van der Waals surface area contributed by atoms with Crippen molar-refractivity contribution in [3.63, 3.8) is 0 Å². The van der Waals surface area contributed by atoms with Crippen molar-refractivity contribution in [2.24, 2.45) is 0 Å². The van der Waals surface area contributed by atoms with Crippen molar-refractivity contribution in [3.8, 4) is 0 Å². The summed E-state index contributed by atoms with van der Waals surface area (Å²) in [5.41, 5.74) is 0.230. The molecule has 0 radical (unpaired) electrons. The highest BCUT2D eigenvalue weighted by Gasteiger charge is 2.32. The van der Waals surface area contributed by atoms with E-state index in [9.17, 15) is 20.0 Å². The molecule has 110 valence electrons. The number of nitro groups is 1. The Hall–Kier alpha value is -1.89. The standard InChI is InChI=1S/C13H19N3O4/c1-9(2)15-7-11(16(19)20)6-12(15)13(18)14-5-3-4-10(14)8-17/h6-7,9-10,17H,3-5,8H2,1-2H3/t10-/m1/s1. The predicted octanol–water partition coefficient (Wildman–Crippen LogP) is 1.57. The first-order chi connectivity index (χ1) is 9.45. The van der Waals surface area contributed by atoms with Crippen LogP contribution in [0.5, 0.6) is 0 Å². The number of amides is 1. The number of nitrogens with zero attached hydrogens (tertiary/aromatic N) is 3. The minimum atomic E-state index is -0.497. The van der Waals surface area contributed by atoms with Crippen molar-refractivity contribution < 1.29 is 14.8 Å². The van der Waals surface area contributed by atoms with Crippen LogP contribution in [0.25, 0.3) is 0 Å². The Morgan fingerprint density at radius 1 is 1.60 bits per heavy atom. The molecular formula is C13H19N3O4. The van der Waals surface area contributed by atoms with Gasteiger partial charge in [-0.3, -0.25) is 14.9 Å². The van der Waals surface area contributed by atoms with Gasteiger partial charge in [-0.05, 0) is 26.7 Å². The molecule has 7 nitrogen and oxygen atoms in total. The van der Waals surface area contributed by atoms with E-state index in [2.05, 4.69) is 0 Å². The molecule has 1 aromatic heterocycles. The molecule has 1 atom stereocenters. The molecule has 0 spiro atoms. The highest BCUT2D eigenvalue weighted by molar-refractivity contribution is 5.94. The molecule has 0 aliphatic carbocycles. The normalized spacial score (nSPS) is 18.8. The minimum absolute atomic E-state index is 0.0437. The first-order valence-electron chi connectivity index (χ1n) is 6.73. The van der Waals surface area contributed by atoms with E-state index in [1.54, 1.807) is 9.47 Å². The molecule has 1 aliphatic rings. The first kappa shape index (κ1) is 14.5. The lowest BCUT2D eigenvalue weighted by atomic mass is 10.2. The van der Waals surface area contributed by atoms with Gasteiger partial charge in [0.05, 0.1) is 23.8 Å². The summed E-state index contributed by atoms with van der Waals surface area (Å²) < 4.78 is 1.62. The summed E-state index contributed by atoms with van der Waals surface area (Å²) in [4.78, 5) is 24.5. The Morgan fingerprint density at radius 3 is 2.85 bits per heavy atom. The third-order valence-electron chi connectivity index (χ3n) is 3.67. The maximum absolute atomic E-state index is 12.5. The van der Waals surface area contributed by atoms with E-state index in [0.29, 0.717) is 12.2 Å². The summed E-state index contributed by atoms with van der Waals surface area (Å²) in [5, 5.41) is 20.2. The molecule has 0 aromatic carbocycles. The molecule has 1 N–H and O–H groups in total. The third-order valence-corrected chi connectivity index (χ3v) is 3.67. The number of aromatic nitrogens is 1. The first-order valence-corrected chi connectivity index (χ1v) is 6.73. The van der Waals surface area contributed by atoms with E-state index in [1.165, 1.54) is 12.3 Å². The Balaban J connectivity index is 2.35. The molecule has 20 heavy (non-hydrogen) atoms. The fourth-order valence-electron chi connectivity index (χ4n) is 2.60. The Kier molecular flexibility index (Phi) is 4.08. The fourth-order valence-corrected chi connectivity index (χ4v) is 2.60. The van der Waals surface area contributed by atoms with Gasteiger partial charge in [-0.15, -0.1) is 0 Å². The van der Waals surface area contributed by atoms with Crippen LogP contribution in [0.2, 0.25) is 0 Å². The fraction of sp³-hybridized carbons (Fsp3) is 0.615. The number of carbonyl (C=O) groups excluding carboxylic acids is 1. The summed E-state index contributed by atoms with van der Waals surface area (Å²) in [7, 11) is 0. The van der Waals surface area contributed by atoms with E-state index < -0.39 is 4.92 Å². The number of aliphatic hydroxyl groups is 1. The number of rotatable bonds is 4. The number of hydrogen-bond acceptors (Lipinski definition) is 4. The van der Waals surface area contributed by atoms with Gasteiger partial charge in [0.15, 0.2) is 0 Å². The van der Waals surface area contributed by atoms with Crippen molar-refractivity contribution in [1.29, 1.82) is 0 Å². The second kappa shape index (κ2) is 5.62. The zero-order valence-electron chi connectivity index (χ0n) is 11.7. The van der Waals surface area contributed by atoms with Crippen LogP contribution in [0.3, 0.4) is 0 Å². The Morgan fingerprint density at radius 2 is 2.30 bits per heavy atom. The number of carbonyl (C=O) groups is 1. The van der Waals surface area contributed by atoms with E-state index in [0.717, 1.165) is 12.8 Å². The van der Waals surface area contributed by atoms with E-state index in [4.69, 9.17) is 0 Å². The maximum atomic E-state index is 12.5.